The van der Waals surface area contributed by atoms with Gasteiger partial charge in [-0.3, -0.25) is 10.1 Å². The van der Waals surface area contributed by atoms with E-state index in [1.54, 1.807) is 27.0 Å². The molecule has 2 amide bonds. The molecular weight excluding hydrogens is 252 g/mol. The van der Waals surface area contributed by atoms with Crippen molar-refractivity contribution in [1.29, 1.82) is 0 Å². The average Bonchev–Trinajstić information content (AvgIpc) is 2.54. The van der Waals surface area contributed by atoms with Crippen LogP contribution in [-0.2, 0) is 11.8 Å². The molecule has 0 aromatic carbocycles. The van der Waals surface area contributed by atoms with Gasteiger partial charge in [0.15, 0.2) is 5.82 Å². The second-order valence-corrected chi connectivity index (χ2v) is 4.73. The smallest absolute Gasteiger partial charge is 0.320 e. The molecule has 1 rings (SSSR count). The number of ether oxygens (including phenoxy) is 1. The Morgan fingerprint density at radius 3 is 2.63 bits per heavy atom. The summed E-state index contributed by atoms with van der Waals surface area (Å²) in [6.45, 7) is 3.25. The van der Waals surface area contributed by atoms with Gasteiger partial charge in [0.25, 0.3) is 0 Å². The van der Waals surface area contributed by atoms with Crippen LogP contribution < -0.4 is 15.4 Å². The maximum absolute atomic E-state index is 11.7. The first-order valence-electron chi connectivity index (χ1n) is 5.62. The minimum Gasteiger partial charge on any atom is -0.481 e. The van der Waals surface area contributed by atoms with Crippen molar-refractivity contribution >= 4 is 17.8 Å². The third-order valence-corrected chi connectivity index (χ3v) is 2.33. The molecule has 1 aromatic heterocycles. The number of carbonyl (C=O) groups excluding carboxylic acids is 1. The number of aliphatic carboxylic acids is 1. The number of amides is 2. The van der Waals surface area contributed by atoms with Crippen LogP contribution in [0.3, 0.4) is 0 Å². The number of anilines is 1. The van der Waals surface area contributed by atoms with Gasteiger partial charge in [0.05, 0.1) is 13.5 Å². The van der Waals surface area contributed by atoms with Crippen LogP contribution in [-0.4, -0.2) is 39.5 Å². The molecule has 0 saturated carbocycles. The molecule has 0 aliphatic rings. The van der Waals surface area contributed by atoms with E-state index in [1.807, 2.05) is 0 Å². The molecule has 0 saturated heterocycles. The number of aryl methyl sites for hydroxylation is 1. The van der Waals surface area contributed by atoms with Crippen molar-refractivity contribution in [3.05, 3.63) is 6.07 Å². The molecule has 0 aliphatic heterocycles. The number of urea groups is 1. The zero-order valence-corrected chi connectivity index (χ0v) is 11.4. The monoisotopic (exact) mass is 270 g/mol. The number of nitrogens with one attached hydrogen (secondary N) is 2. The summed E-state index contributed by atoms with van der Waals surface area (Å²) in [5.41, 5.74) is -0.852. The first kappa shape index (κ1) is 14.8. The molecule has 106 valence electrons. The van der Waals surface area contributed by atoms with Crippen LogP contribution in [0.4, 0.5) is 10.6 Å². The van der Waals surface area contributed by atoms with Crippen LogP contribution in [0.2, 0.25) is 0 Å². The molecule has 19 heavy (non-hydrogen) atoms. The summed E-state index contributed by atoms with van der Waals surface area (Å²) >= 11 is 0. The number of carbonyl (C=O) groups is 2. The van der Waals surface area contributed by atoms with Crippen molar-refractivity contribution < 1.29 is 19.4 Å². The fraction of sp³-hybridized carbons (Fsp3) is 0.545. The van der Waals surface area contributed by atoms with Gasteiger partial charge in [-0.05, 0) is 13.8 Å². The number of carboxylic acids is 1. The molecule has 0 spiro atoms. The molecule has 0 unspecified atom stereocenters. The SMILES string of the molecule is COc1cc(NC(=O)NC(C)(C)CC(=O)O)nn1C. The van der Waals surface area contributed by atoms with Gasteiger partial charge >= 0.3 is 12.0 Å². The molecule has 0 atom stereocenters. The van der Waals surface area contributed by atoms with Crippen LogP contribution in [0.5, 0.6) is 5.88 Å². The summed E-state index contributed by atoms with van der Waals surface area (Å²) in [5.74, 6) is -0.159. The quantitative estimate of drug-likeness (QED) is 0.734. The molecule has 8 heteroatoms. The normalized spacial score (nSPS) is 10.9. The summed E-state index contributed by atoms with van der Waals surface area (Å²) in [4.78, 5) is 22.4. The Balaban J connectivity index is 2.62. The van der Waals surface area contributed by atoms with Crippen molar-refractivity contribution in [2.75, 3.05) is 12.4 Å². The first-order chi connectivity index (χ1) is 8.73. The second-order valence-electron chi connectivity index (χ2n) is 4.73. The number of methoxy groups -OCH3 is 1. The lowest BCUT2D eigenvalue weighted by Crippen LogP contribution is -2.46. The van der Waals surface area contributed by atoms with Gasteiger partial charge in [0.2, 0.25) is 5.88 Å². The fourth-order valence-corrected chi connectivity index (χ4v) is 1.58. The van der Waals surface area contributed by atoms with Crippen molar-refractivity contribution in [3.8, 4) is 5.88 Å². The van der Waals surface area contributed by atoms with E-state index in [4.69, 9.17) is 9.84 Å². The Hall–Kier alpha value is -2.25. The molecular formula is C11H18N4O4. The summed E-state index contributed by atoms with van der Waals surface area (Å²) in [5, 5.41) is 17.8. The predicted octanol–water partition coefficient (Wildman–Crippen LogP) is 0.803. The Labute approximate surface area is 110 Å². The van der Waals surface area contributed by atoms with E-state index < -0.39 is 17.5 Å². The third kappa shape index (κ3) is 4.49. The number of rotatable bonds is 5. The summed E-state index contributed by atoms with van der Waals surface area (Å²) in [6, 6.07) is 1.04. The number of nitrogens with zero attached hydrogens (tertiary/aromatic N) is 2. The number of carboxylic acid groups (broad SMARTS) is 1. The minimum atomic E-state index is -0.982. The highest BCUT2D eigenvalue weighted by Crippen LogP contribution is 2.15. The summed E-state index contributed by atoms with van der Waals surface area (Å²) in [6.07, 6.45) is -0.175. The van der Waals surface area contributed by atoms with Crippen LogP contribution in [0.1, 0.15) is 20.3 Å². The summed E-state index contributed by atoms with van der Waals surface area (Å²) in [7, 11) is 3.17. The number of hydrogen-bond acceptors (Lipinski definition) is 4. The number of aromatic nitrogens is 2. The van der Waals surface area contributed by atoms with Gasteiger partial charge in [-0.25, -0.2) is 9.48 Å². The average molecular weight is 270 g/mol. The second kappa shape index (κ2) is 5.59. The lowest BCUT2D eigenvalue weighted by Gasteiger charge is -2.23. The zero-order valence-electron chi connectivity index (χ0n) is 11.4. The molecule has 1 aromatic rings. The van der Waals surface area contributed by atoms with E-state index in [9.17, 15) is 9.59 Å². The third-order valence-electron chi connectivity index (χ3n) is 2.33. The first-order valence-corrected chi connectivity index (χ1v) is 5.62. The van der Waals surface area contributed by atoms with Crippen LogP contribution in [0.25, 0.3) is 0 Å². The largest absolute Gasteiger partial charge is 0.481 e. The highest BCUT2D eigenvalue weighted by atomic mass is 16.5. The number of hydrogen-bond donors (Lipinski definition) is 3. The van der Waals surface area contributed by atoms with Crippen LogP contribution in [0.15, 0.2) is 6.07 Å². The van der Waals surface area contributed by atoms with Crippen molar-refractivity contribution in [3.63, 3.8) is 0 Å². The Morgan fingerprint density at radius 1 is 1.53 bits per heavy atom. The Kier molecular flexibility index (Phi) is 4.36. The maximum atomic E-state index is 11.7. The zero-order chi connectivity index (χ0) is 14.6. The predicted molar refractivity (Wildman–Crippen MR) is 68.2 cm³/mol. The highest BCUT2D eigenvalue weighted by Gasteiger charge is 2.24. The van der Waals surface area contributed by atoms with E-state index in [1.165, 1.54) is 11.8 Å². The molecule has 0 bridgehead atoms. The van der Waals surface area contributed by atoms with Crippen molar-refractivity contribution in [1.82, 2.24) is 15.1 Å². The molecule has 0 fully saturated rings. The van der Waals surface area contributed by atoms with Crippen molar-refractivity contribution in [2.45, 2.75) is 25.8 Å². The fourth-order valence-electron chi connectivity index (χ4n) is 1.58. The van der Waals surface area contributed by atoms with Gasteiger partial charge in [0, 0.05) is 18.7 Å². The molecule has 3 N–H and O–H groups in total. The van der Waals surface area contributed by atoms with Gasteiger partial charge in [-0.15, -0.1) is 0 Å². The lowest BCUT2D eigenvalue weighted by atomic mass is 10.0. The molecule has 8 nitrogen and oxygen atoms in total. The van der Waals surface area contributed by atoms with Gasteiger partial charge in [-0.2, -0.15) is 5.10 Å². The van der Waals surface area contributed by atoms with E-state index in [2.05, 4.69) is 15.7 Å². The van der Waals surface area contributed by atoms with Crippen LogP contribution >= 0.6 is 0 Å². The highest BCUT2D eigenvalue weighted by molar-refractivity contribution is 5.89. The minimum absolute atomic E-state index is 0.175. The van der Waals surface area contributed by atoms with Gasteiger partial charge in [-0.1, -0.05) is 0 Å². The topological polar surface area (TPSA) is 105 Å². The van der Waals surface area contributed by atoms with E-state index >= 15 is 0 Å². The van der Waals surface area contributed by atoms with Gasteiger partial charge < -0.3 is 15.2 Å². The van der Waals surface area contributed by atoms with E-state index in [-0.39, 0.29) is 6.42 Å². The van der Waals surface area contributed by atoms with Crippen molar-refractivity contribution in [2.24, 2.45) is 7.05 Å². The molecule has 1 heterocycles. The standard InChI is InChI=1S/C11H18N4O4/c1-11(2,6-9(16)17)13-10(18)12-7-5-8(19-4)15(3)14-7/h5H,6H2,1-4H3,(H,16,17)(H2,12,13,14,18). The molecule has 0 radical (unpaired) electrons. The Bertz CT molecular complexity index is 481. The van der Waals surface area contributed by atoms with Gasteiger partial charge in [0.1, 0.15) is 0 Å². The lowest BCUT2D eigenvalue weighted by molar-refractivity contribution is -0.138. The maximum Gasteiger partial charge on any atom is 0.320 e. The van der Waals surface area contributed by atoms with Crippen LogP contribution in [0, 0.1) is 0 Å². The Morgan fingerprint density at radius 2 is 2.16 bits per heavy atom. The molecule has 0 aliphatic carbocycles. The van der Waals surface area contributed by atoms with E-state index in [0.29, 0.717) is 11.7 Å². The summed E-state index contributed by atoms with van der Waals surface area (Å²) < 4.78 is 6.48. The van der Waals surface area contributed by atoms with E-state index in [0.717, 1.165) is 0 Å².